The van der Waals surface area contributed by atoms with E-state index >= 15 is 0 Å². The van der Waals surface area contributed by atoms with E-state index in [1.165, 1.54) is 52.0 Å². The fraction of sp³-hybridized carbons (Fsp3) is 0.353. The molecule has 1 unspecified atom stereocenters. The third kappa shape index (κ3) is 8.54. The summed E-state index contributed by atoms with van der Waals surface area (Å²) in [5, 5.41) is 5.26. The molecular formula is C34H36F3N5O2S. The smallest absolute Gasteiger partial charge is 0.406 e. The van der Waals surface area contributed by atoms with Crippen molar-refractivity contribution in [2.24, 2.45) is 10.9 Å². The Morgan fingerprint density at radius 2 is 1.73 bits per heavy atom. The molecule has 1 saturated heterocycles. The van der Waals surface area contributed by atoms with Crippen LogP contribution in [0.25, 0.3) is 17.1 Å². The molecule has 3 aromatic carbocycles. The number of hydrogen-bond donors (Lipinski definition) is 0. The highest BCUT2D eigenvalue weighted by molar-refractivity contribution is 8.14. The quantitative estimate of drug-likeness (QED) is 0.185. The summed E-state index contributed by atoms with van der Waals surface area (Å²) in [4.78, 5) is 24.2. The Kier molecular flexibility index (Phi) is 9.96. The Bertz CT molecular complexity index is 1640. The van der Waals surface area contributed by atoms with Gasteiger partial charge in [-0.2, -0.15) is 4.99 Å². The van der Waals surface area contributed by atoms with E-state index in [0.717, 1.165) is 53.5 Å². The van der Waals surface area contributed by atoms with Crippen molar-refractivity contribution >= 4 is 28.5 Å². The number of rotatable bonds is 9. The zero-order valence-electron chi connectivity index (χ0n) is 25.8. The fourth-order valence-electron chi connectivity index (χ4n) is 5.56. The number of thioether (sulfide) groups is 1. The molecule has 7 nitrogen and oxygen atoms in total. The number of aromatic nitrogens is 3. The van der Waals surface area contributed by atoms with Gasteiger partial charge in [0.1, 0.15) is 12.1 Å². The van der Waals surface area contributed by atoms with Crippen molar-refractivity contribution in [3.63, 3.8) is 0 Å². The molecule has 4 aromatic rings. The van der Waals surface area contributed by atoms with Gasteiger partial charge in [0.05, 0.1) is 5.69 Å². The van der Waals surface area contributed by atoms with E-state index in [0.29, 0.717) is 17.9 Å². The highest BCUT2D eigenvalue weighted by Gasteiger charge is 2.31. The minimum atomic E-state index is -4.74. The van der Waals surface area contributed by atoms with Gasteiger partial charge in [0, 0.05) is 30.0 Å². The first-order valence-corrected chi connectivity index (χ1v) is 15.9. The lowest BCUT2D eigenvalue weighted by molar-refractivity contribution is -0.274. The van der Waals surface area contributed by atoms with Crippen LogP contribution in [0.1, 0.15) is 48.4 Å². The van der Waals surface area contributed by atoms with Gasteiger partial charge in [0.15, 0.2) is 11.0 Å². The molecule has 2 heterocycles. The summed E-state index contributed by atoms with van der Waals surface area (Å²) in [7, 11) is 0. The molecule has 236 valence electrons. The van der Waals surface area contributed by atoms with Crippen LogP contribution in [-0.4, -0.2) is 44.5 Å². The number of alkyl halides is 3. The van der Waals surface area contributed by atoms with Gasteiger partial charge in [-0.05, 0) is 86.9 Å². The molecule has 0 radical (unpaired) electrons. The van der Waals surface area contributed by atoms with Crippen LogP contribution in [0.5, 0.6) is 5.75 Å². The topological polar surface area (TPSA) is 72.6 Å². The molecule has 1 amide bonds. The molecule has 1 aliphatic rings. The molecule has 0 spiro atoms. The van der Waals surface area contributed by atoms with Crippen LogP contribution in [-0.2, 0) is 11.2 Å². The van der Waals surface area contributed by atoms with Crippen LogP contribution >= 0.6 is 11.8 Å². The molecule has 0 bridgehead atoms. The standard InChI is InChI=1S/C34H36F3N5O2S/c1-22(20-30(43)39-33-41(16-5-17-45-33)31-24(3)18-23(2)19-25(31)4)6-7-26-8-10-27(11-9-26)32-38-21-42(40-32)28-12-14-29(15-13-28)44-34(35,36)37/h8-15,18-19,21-22H,5-7,16-17,20H2,1-4H3. The average Bonchev–Trinajstić information content (AvgIpc) is 3.47. The van der Waals surface area contributed by atoms with E-state index in [1.54, 1.807) is 11.8 Å². The van der Waals surface area contributed by atoms with Crippen molar-refractivity contribution < 1.29 is 22.7 Å². The lowest BCUT2D eigenvalue weighted by atomic mass is 9.97. The summed E-state index contributed by atoms with van der Waals surface area (Å²) in [6, 6.07) is 17.7. The summed E-state index contributed by atoms with van der Waals surface area (Å²) in [5.74, 6) is 1.26. The normalized spacial score (nSPS) is 15.4. The number of amidine groups is 1. The van der Waals surface area contributed by atoms with Crippen LogP contribution in [0.4, 0.5) is 18.9 Å². The Labute approximate surface area is 265 Å². The zero-order chi connectivity index (χ0) is 32.1. The van der Waals surface area contributed by atoms with E-state index in [9.17, 15) is 18.0 Å². The summed E-state index contributed by atoms with van der Waals surface area (Å²) < 4.78 is 42.7. The number of carbonyl (C=O) groups excluding carboxylic acids is 1. The van der Waals surface area contributed by atoms with Crippen molar-refractivity contribution in [1.82, 2.24) is 14.8 Å². The van der Waals surface area contributed by atoms with Crippen molar-refractivity contribution in [3.05, 3.63) is 89.2 Å². The first kappa shape index (κ1) is 32.3. The lowest BCUT2D eigenvalue weighted by Gasteiger charge is -2.32. The number of ether oxygens (including phenoxy) is 1. The maximum atomic E-state index is 13.0. The van der Waals surface area contributed by atoms with Crippen LogP contribution in [0, 0.1) is 26.7 Å². The minimum absolute atomic E-state index is 0.0844. The van der Waals surface area contributed by atoms with Gasteiger partial charge in [0.25, 0.3) is 0 Å². The Morgan fingerprint density at radius 3 is 2.40 bits per heavy atom. The summed E-state index contributed by atoms with van der Waals surface area (Å²) in [6.07, 6.45) is -0.108. The molecule has 1 aliphatic heterocycles. The third-order valence-corrected chi connectivity index (χ3v) is 8.66. The molecule has 0 N–H and O–H groups in total. The third-order valence-electron chi connectivity index (χ3n) is 7.60. The van der Waals surface area contributed by atoms with Gasteiger partial charge in [-0.25, -0.2) is 9.67 Å². The molecular weight excluding hydrogens is 599 g/mol. The Hall–Kier alpha value is -4.12. The second-order valence-corrected chi connectivity index (χ2v) is 12.6. The number of anilines is 1. The molecule has 45 heavy (non-hydrogen) atoms. The first-order valence-electron chi connectivity index (χ1n) is 14.9. The van der Waals surface area contributed by atoms with E-state index in [2.05, 4.69) is 64.5 Å². The maximum absolute atomic E-state index is 13.0. The van der Waals surface area contributed by atoms with Crippen LogP contribution in [0.15, 0.2) is 72.0 Å². The zero-order valence-corrected chi connectivity index (χ0v) is 26.6. The second-order valence-electron chi connectivity index (χ2n) is 11.5. The second kappa shape index (κ2) is 13.9. The molecule has 0 aliphatic carbocycles. The van der Waals surface area contributed by atoms with Gasteiger partial charge in [-0.3, -0.25) is 4.79 Å². The van der Waals surface area contributed by atoms with Crippen LogP contribution in [0.3, 0.4) is 0 Å². The number of aryl methyl sites for hydroxylation is 4. The van der Waals surface area contributed by atoms with E-state index in [1.807, 2.05) is 24.3 Å². The summed E-state index contributed by atoms with van der Waals surface area (Å²) in [5.41, 5.74) is 7.31. The van der Waals surface area contributed by atoms with Crippen molar-refractivity contribution in [3.8, 4) is 22.8 Å². The molecule has 11 heteroatoms. The molecule has 0 saturated carbocycles. The minimum Gasteiger partial charge on any atom is -0.406 e. The molecule has 1 atom stereocenters. The van der Waals surface area contributed by atoms with Crippen molar-refractivity contribution in [1.29, 1.82) is 0 Å². The van der Waals surface area contributed by atoms with Crippen LogP contribution < -0.4 is 9.64 Å². The van der Waals surface area contributed by atoms with Gasteiger partial charge >= 0.3 is 6.36 Å². The number of benzene rings is 3. The number of aliphatic imine (C=N–C) groups is 1. The molecule has 1 fully saturated rings. The molecule has 1 aromatic heterocycles. The highest BCUT2D eigenvalue weighted by Crippen LogP contribution is 2.32. The largest absolute Gasteiger partial charge is 0.573 e. The Morgan fingerprint density at radius 1 is 1.04 bits per heavy atom. The fourth-order valence-corrected chi connectivity index (χ4v) is 6.53. The summed E-state index contributed by atoms with van der Waals surface area (Å²) >= 11 is 1.66. The van der Waals surface area contributed by atoms with Crippen molar-refractivity contribution in [2.75, 3.05) is 17.2 Å². The van der Waals surface area contributed by atoms with E-state index in [4.69, 9.17) is 0 Å². The Balaban J connectivity index is 1.15. The lowest BCUT2D eigenvalue weighted by Crippen LogP contribution is -2.35. The SMILES string of the molecule is Cc1cc(C)c(N2CCCSC2=NC(=O)CC(C)CCc2ccc(-c3ncn(-c4ccc(OC(F)(F)F)cc4)n3)cc2)c(C)c1. The van der Waals surface area contributed by atoms with Gasteiger partial charge in [-0.1, -0.05) is 60.6 Å². The van der Waals surface area contributed by atoms with Crippen LogP contribution in [0.2, 0.25) is 0 Å². The average molecular weight is 636 g/mol. The van der Waals surface area contributed by atoms with E-state index in [-0.39, 0.29) is 17.6 Å². The number of halogens is 3. The monoisotopic (exact) mass is 635 g/mol. The summed E-state index contributed by atoms with van der Waals surface area (Å²) in [6.45, 7) is 9.29. The number of hydrogen-bond acceptors (Lipinski definition) is 5. The highest BCUT2D eigenvalue weighted by atomic mass is 32.2. The first-order chi connectivity index (χ1) is 21.4. The number of nitrogens with zero attached hydrogens (tertiary/aromatic N) is 5. The maximum Gasteiger partial charge on any atom is 0.573 e. The predicted molar refractivity (Wildman–Crippen MR) is 173 cm³/mol. The number of carbonyl (C=O) groups is 1. The predicted octanol–water partition coefficient (Wildman–Crippen LogP) is 8.24. The van der Waals surface area contributed by atoms with Crippen molar-refractivity contribution in [2.45, 2.75) is 59.7 Å². The van der Waals surface area contributed by atoms with E-state index < -0.39 is 6.36 Å². The van der Waals surface area contributed by atoms with Gasteiger partial charge in [0.2, 0.25) is 5.91 Å². The number of amides is 1. The van der Waals surface area contributed by atoms with Gasteiger partial charge in [-0.15, -0.1) is 18.3 Å². The molecule has 5 rings (SSSR count). The van der Waals surface area contributed by atoms with Gasteiger partial charge < -0.3 is 9.64 Å².